The van der Waals surface area contributed by atoms with Crippen LogP contribution in [0.25, 0.3) is 0 Å². The van der Waals surface area contributed by atoms with E-state index in [1.54, 1.807) is 0 Å². The quantitative estimate of drug-likeness (QED) is 0.488. The molecule has 0 radical (unpaired) electrons. The van der Waals surface area contributed by atoms with E-state index in [4.69, 9.17) is 0 Å². The highest BCUT2D eigenvalue weighted by atomic mass is 127. The van der Waals surface area contributed by atoms with Crippen molar-refractivity contribution in [3.63, 3.8) is 0 Å². The molecule has 1 rings (SSSR count). The first-order valence-electron chi connectivity index (χ1n) is 3.15. The lowest BCUT2D eigenvalue weighted by atomic mass is 10.4. The van der Waals surface area contributed by atoms with Crippen LogP contribution in [0, 0.1) is 0 Å². The van der Waals surface area contributed by atoms with Crippen LogP contribution in [-0.2, 0) is 0 Å². The summed E-state index contributed by atoms with van der Waals surface area (Å²) in [5, 5.41) is 0. The highest BCUT2D eigenvalue weighted by Crippen LogP contribution is 2.07. The molecule has 1 saturated heterocycles. The molecule has 9 heavy (non-hydrogen) atoms. The topological polar surface area (TPSA) is 6.48 Å². The first-order valence-corrected chi connectivity index (χ1v) is 5.64. The van der Waals surface area contributed by atoms with E-state index in [9.17, 15) is 0 Å². The SMILES string of the molecule is C=IN1CCN(C)CC1. The summed E-state index contributed by atoms with van der Waals surface area (Å²) in [6.45, 7) is 4.95. The molecule has 0 aliphatic carbocycles. The van der Waals surface area contributed by atoms with Crippen molar-refractivity contribution in [1.82, 2.24) is 8.01 Å². The van der Waals surface area contributed by atoms with Gasteiger partial charge in [0.1, 0.15) is 0 Å². The van der Waals surface area contributed by atoms with Gasteiger partial charge in [-0.05, 0) is 28.1 Å². The maximum absolute atomic E-state index is 3.95. The van der Waals surface area contributed by atoms with Gasteiger partial charge in [-0.1, -0.05) is 4.51 Å². The van der Waals surface area contributed by atoms with Crippen molar-refractivity contribution in [2.45, 2.75) is 0 Å². The third-order valence-electron chi connectivity index (χ3n) is 1.62. The van der Waals surface area contributed by atoms with Crippen LogP contribution in [0.3, 0.4) is 0 Å². The van der Waals surface area contributed by atoms with Gasteiger partial charge in [-0.3, -0.25) is 3.11 Å². The van der Waals surface area contributed by atoms with Gasteiger partial charge in [0, 0.05) is 26.2 Å². The molecular formula is C6H13IN2. The predicted octanol–water partition coefficient (Wildman–Crippen LogP) is 0.552. The Morgan fingerprint density at radius 3 is 2.22 bits per heavy atom. The molecule has 0 aromatic rings. The van der Waals surface area contributed by atoms with Crippen molar-refractivity contribution in [3.05, 3.63) is 0 Å². The summed E-state index contributed by atoms with van der Waals surface area (Å²) < 4.78 is 6.44. The Balaban J connectivity index is 2.26. The molecule has 0 aromatic heterocycles. The Labute approximate surface area is 66.9 Å². The van der Waals surface area contributed by atoms with Crippen LogP contribution in [0.2, 0.25) is 0 Å². The maximum atomic E-state index is 3.95. The Kier molecular flexibility index (Phi) is 3.08. The smallest absolute Gasteiger partial charge is 0.0205 e. The molecule has 0 aromatic carbocycles. The lowest BCUT2D eigenvalue weighted by Gasteiger charge is -2.28. The summed E-state index contributed by atoms with van der Waals surface area (Å²) >= 11 is 0.124. The molecule has 54 valence electrons. The lowest BCUT2D eigenvalue weighted by Crippen LogP contribution is -2.39. The summed E-state index contributed by atoms with van der Waals surface area (Å²) in [4.78, 5) is 2.37. The maximum Gasteiger partial charge on any atom is 0.0205 e. The van der Waals surface area contributed by atoms with Gasteiger partial charge >= 0.3 is 0 Å². The van der Waals surface area contributed by atoms with Crippen LogP contribution in [0.4, 0.5) is 0 Å². The number of hydrogen-bond donors (Lipinski definition) is 0. The summed E-state index contributed by atoms with van der Waals surface area (Å²) in [6, 6.07) is 0. The highest BCUT2D eigenvalue weighted by Gasteiger charge is 2.09. The van der Waals surface area contributed by atoms with Gasteiger partial charge in [0.15, 0.2) is 0 Å². The normalized spacial score (nSPS) is 24.6. The van der Waals surface area contributed by atoms with E-state index < -0.39 is 0 Å². The van der Waals surface area contributed by atoms with Crippen LogP contribution in [0.5, 0.6) is 0 Å². The number of halogens is 1. The Bertz CT molecular complexity index is 97.2. The molecule has 0 saturated carbocycles. The molecule has 0 amide bonds. The van der Waals surface area contributed by atoms with E-state index in [1.807, 2.05) is 0 Å². The average Bonchev–Trinajstić information content (AvgIpc) is 1.90. The molecule has 1 aliphatic heterocycles. The van der Waals surface area contributed by atoms with Gasteiger partial charge in [0.2, 0.25) is 0 Å². The summed E-state index contributed by atoms with van der Waals surface area (Å²) in [6.07, 6.45) is 0. The van der Waals surface area contributed by atoms with E-state index in [0.717, 1.165) is 0 Å². The minimum Gasteiger partial charge on any atom is -0.304 e. The monoisotopic (exact) mass is 240 g/mol. The van der Waals surface area contributed by atoms with Crippen molar-refractivity contribution in [2.75, 3.05) is 33.2 Å². The van der Waals surface area contributed by atoms with E-state index in [2.05, 4.69) is 19.6 Å². The van der Waals surface area contributed by atoms with Crippen LogP contribution in [0.15, 0.2) is 0 Å². The third-order valence-corrected chi connectivity index (χ3v) is 3.55. The van der Waals surface area contributed by atoms with Crippen LogP contribution in [0.1, 0.15) is 0 Å². The van der Waals surface area contributed by atoms with Crippen molar-refractivity contribution in [3.8, 4) is 0 Å². The molecule has 3 heteroatoms. The third kappa shape index (κ3) is 2.31. The fourth-order valence-corrected chi connectivity index (χ4v) is 2.02. The van der Waals surface area contributed by atoms with Crippen molar-refractivity contribution < 1.29 is 0 Å². The van der Waals surface area contributed by atoms with E-state index in [-0.39, 0.29) is 21.0 Å². The van der Waals surface area contributed by atoms with Gasteiger partial charge < -0.3 is 4.90 Å². The van der Waals surface area contributed by atoms with Gasteiger partial charge in [0.05, 0.1) is 0 Å². The van der Waals surface area contributed by atoms with E-state index >= 15 is 0 Å². The second kappa shape index (κ2) is 3.63. The van der Waals surface area contributed by atoms with Gasteiger partial charge in [-0.15, -0.1) is 0 Å². The lowest BCUT2D eigenvalue weighted by molar-refractivity contribution is 0.245. The molecule has 1 fully saturated rings. The summed E-state index contributed by atoms with van der Waals surface area (Å²) in [7, 11) is 2.18. The molecule has 0 N–H and O–H groups in total. The Hall–Kier alpha value is 0.520. The number of likely N-dealkylation sites (N-methyl/N-ethyl adjacent to an activating group) is 1. The molecule has 1 heterocycles. The van der Waals surface area contributed by atoms with Gasteiger partial charge in [-0.25, -0.2) is 0 Å². The number of rotatable bonds is 1. The zero-order chi connectivity index (χ0) is 6.69. The Morgan fingerprint density at radius 2 is 1.78 bits per heavy atom. The second-order valence-electron chi connectivity index (χ2n) is 2.33. The van der Waals surface area contributed by atoms with E-state index in [1.165, 1.54) is 26.2 Å². The first kappa shape index (κ1) is 7.63. The molecule has 0 spiro atoms. The minimum absolute atomic E-state index is 0.124. The highest BCUT2D eigenvalue weighted by molar-refractivity contribution is 14.2. The molecule has 0 bridgehead atoms. The van der Waals surface area contributed by atoms with E-state index in [0.29, 0.717) is 0 Å². The average molecular weight is 240 g/mol. The number of nitrogens with zero attached hydrogens (tertiary/aromatic N) is 2. The van der Waals surface area contributed by atoms with Gasteiger partial charge in [0.25, 0.3) is 0 Å². The largest absolute Gasteiger partial charge is 0.304 e. The molecule has 2 nitrogen and oxygen atoms in total. The fourth-order valence-electron chi connectivity index (χ4n) is 0.902. The zero-order valence-electron chi connectivity index (χ0n) is 5.81. The van der Waals surface area contributed by atoms with Crippen LogP contribution >= 0.6 is 21.0 Å². The Morgan fingerprint density at radius 1 is 1.22 bits per heavy atom. The zero-order valence-corrected chi connectivity index (χ0v) is 7.97. The molecule has 0 unspecified atom stereocenters. The standard InChI is InChI=1S/C6H13IN2/c1-7-9-5-3-8(2)4-6-9/h1,3-6H2,2H3. The summed E-state index contributed by atoms with van der Waals surface area (Å²) in [5.74, 6) is 0. The van der Waals surface area contributed by atoms with Crippen molar-refractivity contribution >= 4 is 25.5 Å². The van der Waals surface area contributed by atoms with Crippen LogP contribution in [-0.4, -0.2) is 45.8 Å². The second-order valence-corrected chi connectivity index (χ2v) is 4.38. The number of hydrogen-bond acceptors (Lipinski definition) is 2. The van der Waals surface area contributed by atoms with Crippen molar-refractivity contribution in [2.24, 2.45) is 0 Å². The minimum atomic E-state index is 0.124. The predicted molar refractivity (Wildman–Crippen MR) is 50.2 cm³/mol. The number of piperazine rings is 1. The molecule has 0 atom stereocenters. The molecule has 1 aliphatic rings. The first-order chi connectivity index (χ1) is 4.33. The van der Waals surface area contributed by atoms with Gasteiger partial charge in [-0.2, -0.15) is 0 Å². The summed E-state index contributed by atoms with van der Waals surface area (Å²) in [5.41, 5.74) is 0. The van der Waals surface area contributed by atoms with Crippen molar-refractivity contribution in [1.29, 1.82) is 0 Å². The fraction of sp³-hybridized carbons (Fsp3) is 0.833. The van der Waals surface area contributed by atoms with Crippen LogP contribution < -0.4 is 0 Å². The molecular weight excluding hydrogens is 227 g/mol.